The van der Waals surface area contributed by atoms with Crippen molar-refractivity contribution in [3.05, 3.63) is 65.2 Å². The van der Waals surface area contributed by atoms with E-state index in [1.807, 2.05) is 52.0 Å². The van der Waals surface area contributed by atoms with E-state index in [1.54, 1.807) is 19.1 Å². The zero-order chi connectivity index (χ0) is 26.0. The first-order chi connectivity index (χ1) is 16.3. The van der Waals surface area contributed by atoms with Gasteiger partial charge in [0.25, 0.3) is 15.9 Å². The molecule has 1 heterocycles. The Labute approximate surface area is 207 Å². The topological polar surface area (TPSA) is 104 Å². The molecule has 35 heavy (non-hydrogen) atoms. The predicted octanol–water partition coefficient (Wildman–Crippen LogP) is 3.25. The number of carbonyl (C=O) groups is 3. The second-order valence-electron chi connectivity index (χ2n) is 9.90. The van der Waals surface area contributed by atoms with Crippen LogP contribution in [0.4, 0.5) is 0 Å². The molecule has 0 spiro atoms. The predicted molar refractivity (Wildman–Crippen MR) is 133 cm³/mol. The van der Waals surface area contributed by atoms with Crippen molar-refractivity contribution in [1.82, 2.24) is 14.5 Å². The number of hydrogen-bond acceptors (Lipinski definition) is 5. The fourth-order valence-corrected chi connectivity index (χ4v) is 5.52. The molecule has 0 unspecified atom stereocenters. The third-order valence-electron chi connectivity index (χ3n) is 5.80. The number of hydrogen-bond donors (Lipinski definition) is 1. The van der Waals surface area contributed by atoms with E-state index in [0.29, 0.717) is 0 Å². The minimum absolute atomic E-state index is 0.00531. The van der Waals surface area contributed by atoms with Crippen LogP contribution >= 0.6 is 0 Å². The number of aryl methyl sites for hydroxylation is 1. The van der Waals surface area contributed by atoms with Gasteiger partial charge in [0.15, 0.2) is 0 Å². The minimum atomic E-state index is -3.92. The third kappa shape index (κ3) is 6.08. The molecule has 0 radical (unpaired) electrons. The summed E-state index contributed by atoms with van der Waals surface area (Å²) in [5.41, 5.74) is 1.66. The smallest absolute Gasteiger partial charge is 0.269 e. The van der Waals surface area contributed by atoms with Crippen LogP contribution in [-0.2, 0) is 26.2 Å². The Balaban J connectivity index is 1.72. The second-order valence-corrected chi connectivity index (χ2v) is 11.7. The number of fused-ring (bicyclic) bond motifs is 1. The molecule has 1 atom stereocenters. The van der Waals surface area contributed by atoms with Crippen molar-refractivity contribution in [2.75, 3.05) is 6.54 Å². The standard InChI is InChI=1S/C26H33N3O5S/c1-18-12-14-20(15-13-18)17-28(19(2)24(31)27-26(3,4)5)23(30)11-8-16-29-25(32)21-9-6-7-10-22(21)35(29,33)34/h6-7,9-10,12-15,19H,8,11,16-17H2,1-5H3,(H,27,31)/t19-/m0/s1. The van der Waals surface area contributed by atoms with E-state index in [-0.39, 0.29) is 48.2 Å². The Morgan fingerprint density at radius 2 is 1.69 bits per heavy atom. The molecule has 3 amide bonds. The molecule has 2 aromatic rings. The molecule has 0 fully saturated rings. The first-order valence-corrected chi connectivity index (χ1v) is 13.1. The number of nitrogens with zero attached hydrogens (tertiary/aromatic N) is 2. The van der Waals surface area contributed by atoms with Gasteiger partial charge in [0.2, 0.25) is 11.8 Å². The van der Waals surface area contributed by atoms with E-state index in [0.717, 1.165) is 15.4 Å². The summed E-state index contributed by atoms with van der Waals surface area (Å²) < 4.78 is 26.3. The van der Waals surface area contributed by atoms with Gasteiger partial charge in [0, 0.05) is 25.0 Å². The van der Waals surface area contributed by atoms with Crippen LogP contribution < -0.4 is 5.32 Å². The van der Waals surface area contributed by atoms with E-state index in [4.69, 9.17) is 0 Å². The van der Waals surface area contributed by atoms with E-state index in [9.17, 15) is 22.8 Å². The first-order valence-electron chi connectivity index (χ1n) is 11.6. The van der Waals surface area contributed by atoms with E-state index in [1.165, 1.54) is 17.0 Å². The normalized spacial score (nSPS) is 15.5. The fourth-order valence-electron chi connectivity index (χ4n) is 3.92. The summed E-state index contributed by atoms with van der Waals surface area (Å²) in [7, 11) is -3.92. The van der Waals surface area contributed by atoms with Gasteiger partial charge in [-0.1, -0.05) is 42.0 Å². The molecule has 2 aromatic carbocycles. The number of amides is 3. The molecule has 0 saturated heterocycles. The molecule has 1 aliphatic heterocycles. The number of sulfonamides is 1. The monoisotopic (exact) mass is 499 g/mol. The molecule has 1 N–H and O–H groups in total. The summed E-state index contributed by atoms with van der Waals surface area (Å²) in [6.07, 6.45) is 0.143. The van der Waals surface area contributed by atoms with Gasteiger partial charge in [0.1, 0.15) is 10.9 Å². The van der Waals surface area contributed by atoms with Gasteiger partial charge in [-0.25, -0.2) is 12.7 Å². The summed E-state index contributed by atoms with van der Waals surface area (Å²) >= 11 is 0. The number of rotatable bonds is 8. The van der Waals surface area contributed by atoms with Crippen LogP contribution in [0.3, 0.4) is 0 Å². The Bertz CT molecular complexity index is 1220. The average Bonchev–Trinajstić information content (AvgIpc) is 2.97. The van der Waals surface area contributed by atoms with Crippen molar-refractivity contribution in [2.45, 2.75) is 70.5 Å². The molecular weight excluding hydrogens is 466 g/mol. The van der Waals surface area contributed by atoms with Gasteiger partial charge in [-0.15, -0.1) is 0 Å². The Kier molecular flexibility index (Phi) is 7.69. The third-order valence-corrected chi connectivity index (χ3v) is 7.64. The van der Waals surface area contributed by atoms with Crippen LogP contribution in [0.1, 0.15) is 62.0 Å². The summed E-state index contributed by atoms with van der Waals surface area (Å²) in [6, 6.07) is 13.1. The average molecular weight is 500 g/mol. The molecule has 9 heteroatoms. The minimum Gasteiger partial charge on any atom is -0.350 e. The Morgan fingerprint density at radius 1 is 1.06 bits per heavy atom. The molecule has 1 aliphatic rings. The molecular formula is C26H33N3O5S. The van der Waals surface area contributed by atoms with Crippen LogP contribution in [0.25, 0.3) is 0 Å². The highest BCUT2D eigenvalue weighted by Crippen LogP contribution is 2.30. The first kappa shape index (κ1) is 26.4. The van der Waals surface area contributed by atoms with E-state index in [2.05, 4.69) is 5.32 Å². The molecule has 0 aromatic heterocycles. The summed E-state index contributed by atoms with van der Waals surface area (Å²) in [5.74, 6) is -1.14. The lowest BCUT2D eigenvalue weighted by Crippen LogP contribution is -2.52. The Morgan fingerprint density at radius 3 is 2.29 bits per heavy atom. The van der Waals surface area contributed by atoms with Gasteiger partial charge < -0.3 is 10.2 Å². The molecule has 0 saturated carbocycles. The van der Waals surface area contributed by atoms with E-state index < -0.39 is 27.5 Å². The maximum atomic E-state index is 13.3. The molecule has 188 valence electrons. The molecule has 8 nitrogen and oxygen atoms in total. The fraction of sp³-hybridized carbons (Fsp3) is 0.423. The molecule has 0 bridgehead atoms. The maximum Gasteiger partial charge on any atom is 0.269 e. The van der Waals surface area contributed by atoms with Gasteiger partial charge in [-0.05, 0) is 58.7 Å². The van der Waals surface area contributed by atoms with Crippen molar-refractivity contribution < 1.29 is 22.8 Å². The summed E-state index contributed by atoms with van der Waals surface area (Å²) in [6.45, 7) is 9.39. The SMILES string of the molecule is Cc1ccc(CN(C(=O)CCCN2C(=O)c3ccccc3S2(=O)=O)[C@@H](C)C(=O)NC(C)(C)C)cc1. The highest BCUT2D eigenvalue weighted by atomic mass is 32.2. The largest absolute Gasteiger partial charge is 0.350 e. The maximum absolute atomic E-state index is 13.3. The van der Waals surface area contributed by atoms with Crippen molar-refractivity contribution in [3.63, 3.8) is 0 Å². The van der Waals surface area contributed by atoms with Crippen molar-refractivity contribution in [3.8, 4) is 0 Å². The zero-order valence-corrected chi connectivity index (χ0v) is 21.7. The molecule has 3 rings (SSSR count). The number of nitrogens with one attached hydrogen (secondary N) is 1. The lowest BCUT2D eigenvalue weighted by atomic mass is 10.1. The Hall–Kier alpha value is -3.20. The highest BCUT2D eigenvalue weighted by molar-refractivity contribution is 7.90. The molecule has 0 aliphatic carbocycles. The van der Waals surface area contributed by atoms with Gasteiger partial charge >= 0.3 is 0 Å². The summed E-state index contributed by atoms with van der Waals surface area (Å²) in [4.78, 5) is 40.2. The van der Waals surface area contributed by atoms with Crippen molar-refractivity contribution in [1.29, 1.82) is 0 Å². The lowest BCUT2D eigenvalue weighted by molar-refractivity contribution is -0.141. The van der Waals surface area contributed by atoms with Crippen LogP contribution in [0.2, 0.25) is 0 Å². The van der Waals surface area contributed by atoms with Crippen LogP contribution in [0.5, 0.6) is 0 Å². The van der Waals surface area contributed by atoms with Crippen LogP contribution in [0.15, 0.2) is 53.4 Å². The van der Waals surface area contributed by atoms with E-state index >= 15 is 0 Å². The van der Waals surface area contributed by atoms with Crippen LogP contribution in [0, 0.1) is 6.92 Å². The van der Waals surface area contributed by atoms with Crippen molar-refractivity contribution in [2.24, 2.45) is 0 Å². The van der Waals surface area contributed by atoms with Crippen LogP contribution in [-0.4, -0.2) is 53.5 Å². The quantitative estimate of drug-likeness (QED) is 0.601. The van der Waals surface area contributed by atoms with Gasteiger partial charge in [-0.3, -0.25) is 14.4 Å². The highest BCUT2D eigenvalue weighted by Gasteiger charge is 2.40. The van der Waals surface area contributed by atoms with Crippen molar-refractivity contribution >= 4 is 27.7 Å². The second kappa shape index (κ2) is 10.2. The zero-order valence-electron chi connectivity index (χ0n) is 20.9. The van der Waals surface area contributed by atoms with Gasteiger partial charge in [-0.2, -0.15) is 0 Å². The number of benzene rings is 2. The number of carbonyl (C=O) groups excluding carboxylic acids is 3. The summed E-state index contributed by atoms with van der Waals surface area (Å²) in [5, 5.41) is 2.91. The van der Waals surface area contributed by atoms with Gasteiger partial charge in [0.05, 0.1) is 5.56 Å². The lowest BCUT2D eigenvalue weighted by Gasteiger charge is -2.31.